The van der Waals surface area contributed by atoms with Crippen LogP contribution < -0.4 is 5.32 Å². The van der Waals surface area contributed by atoms with Crippen molar-refractivity contribution >= 4 is 5.91 Å². The molecule has 104 valence electrons. The molecule has 2 rings (SSSR count). The summed E-state index contributed by atoms with van der Waals surface area (Å²) in [7, 11) is 1.74. The third kappa shape index (κ3) is 3.04. The van der Waals surface area contributed by atoms with Crippen LogP contribution >= 0.6 is 0 Å². The zero-order valence-corrected chi connectivity index (χ0v) is 11.9. The van der Waals surface area contributed by atoms with Crippen LogP contribution in [0.15, 0.2) is 0 Å². The molecule has 4 nitrogen and oxygen atoms in total. The molecule has 0 aromatic heterocycles. The number of hydrogen-bond acceptors (Lipinski definition) is 3. The number of carbonyl (C=O) groups is 1. The first kappa shape index (κ1) is 13.8. The fourth-order valence-corrected chi connectivity index (χ4v) is 2.98. The number of hydrogen-bond donors (Lipinski definition) is 1. The van der Waals surface area contributed by atoms with Gasteiger partial charge < -0.3 is 15.0 Å². The molecular weight excluding hydrogens is 228 g/mol. The molecule has 0 atom stereocenters. The fourth-order valence-electron chi connectivity index (χ4n) is 2.98. The van der Waals surface area contributed by atoms with Crippen molar-refractivity contribution in [1.29, 1.82) is 0 Å². The molecule has 1 N–H and O–H groups in total. The van der Waals surface area contributed by atoms with Crippen molar-refractivity contribution in [3.8, 4) is 0 Å². The van der Waals surface area contributed by atoms with Crippen molar-refractivity contribution in [3.63, 3.8) is 0 Å². The van der Waals surface area contributed by atoms with Crippen molar-refractivity contribution in [1.82, 2.24) is 10.2 Å². The Hall–Kier alpha value is -0.610. The SMILES string of the molecule is COC(C)(C)CCN1CC2(CCNCC2)CC1=O. The van der Waals surface area contributed by atoms with E-state index >= 15 is 0 Å². The summed E-state index contributed by atoms with van der Waals surface area (Å²) in [6.07, 6.45) is 3.94. The van der Waals surface area contributed by atoms with E-state index in [-0.39, 0.29) is 11.0 Å². The van der Waals surface area contributed by atoms with Crippen LogP contribution in [0.1, 0.15) is 39.5 Å². The van der Waals surface area contributed by atoms with E-state index in [4.69, 9.17) is 4.74 Å². The smallest absolute Gasteiger partial charge is 0.223 e. The summed E-state index contributed by atoms with van der Waals surface area (Å²) in [5.74, 6) is 0.337. The van der Waals surface area contributed by atoms with Crippen LogP contribution in [-0.2, 0) is 9.53 Å². The van der Waals surface area contributed by atoms with E-state index in [2.05, 4.69) is 19.2 Å². The van der Waals surface area contributed by atoms with Crippen molar-refractivity contribution in [3.05, 3.63) is 0 Å². The second-order valence-electron chi connectivity index (χ2n) is 6.46. The topological polar surface area (TPSA) is 41.6 Å². The Morgan fingerprint density at radius 3 is 2.67 bits per heavy atom. The van der Waals surface area contributed by atoms with Crippen LogP contribution in [0.2, 0.25) is 0 Å². The number of nitrogens with one attached hydrogen (secondary N) is 1. The van der Waals surface area contributed by atoms with Crippen LogP contribution in [0.4, 0.5) is 0 Å². The molecule has 0 radical (unpaired) electrons. The highest BCUT2D eigenvalue weighted by Crippen LogP contribution is 2.39. The molecule has 2 aliphatic rings. The van der Waals surface area contributed by atoms with E-state index in [1.54, 1.807) is 7.11 Å². The van der Waals surface area contributed by atoms with Crippen molar-refractivity contribution < 1.29 is 9.53 Å². The Balaban J connectivity index is 1.89. The van der Waals surface area contributed by atoms with Gasteiger partial charge >= 0.3 is 0 Å². The Labute approximate surface area is 110 Å². The van der Waals surface area contributed by atoms with Crippen LogP contribution in [0.25, 0.3) is 0 Å². The molecule has 2 saturated heterocycles. The highest BCUT2D eigenvalue weighted by atomic mass is 16.5. The fraction of sp³-hybridized carbons (Fsp3) is 0.929. The maximum Gasteiger partial charge on any atom is 0.223 e. The summed E-state index contributed by atoms with van der Waals surface area (Å²) in [5.41, 5.74) is 0.129. The molecule has 2 aliphatic heterocycles. The summed E-state index contributed by atoms with van der Waals surface area (Å²) in [6.45, 7) is 8.05. The number of carbonyl (C=O) groups excluding carboxylic acids is 1. The Morgan fingerprint density at radius 1 is 1.39 bits per heavy atom. The average molecular weight is 254 g/mol. The second kappa shape index (κ2) is 5.17. The molecule has 4 heteroatoms. The zero-order valence-electron chi connectivity index (χ0n) is 11.9. The minimum absolute atomic E-state index is 0.135. The molecule has 0 saturated carbocycles. The molecule has 2 heterocycles. The van der Waals surface area contributed by atoms with Gasteiger partial charge in [0.2, 0.25) is 5.91 Å². The largest absolute Gasteiger partial charge is 0.379 e. The molecule has 18 heavy (non-hydrogen) atoms. The van der Waals surface area contributed by atoms with Gasteiger partial charge in [0, 0.05) is 26.6 Å². The third-order valence-corrected chi connectivity index (χ3v) is 4.61. The predicted molar refractivity (Wildman–Crippen MR) is 71.4 cm³/mol. The Morgan fingerprint density at radius 2 is 2.06 bits per heavy atom. The summed E-state index contributed by atoms with van der Waals surface area (Å²) in [5, 5.41) is 3.38. The Kier molecular flexibility index (Phi) is 3.97. The molecule has 0 aliphatic carbocycles. The van der Waals surface area contributed by atoms with Gasteiger partial charge in [-0.3, -0.25) is 4.79 Å². The van der Waals surface area contributed by atoms with Crippen LogP contribution in [0.5, 0.6) is 0 Å². The molecule has 0 bridgehead atoms. The van der Waals surface area contributed by atoms with E-state index < -0.39 is 0 Å². The molecule has 0 aromatic carbocycles. The van der Waals surface area contributed by atoms with Gasteiger partial charge in [0.15, 0.2) is 0 Å². The van der Waals surface area contributed by atoms with E-state index in [1.807, 2.05) is 4.90 Å². The van der Waals surface area contributed by atoms with Crippen LogP contribution in [0, 0.1) is 5.41 Å². The quantitative estimate of drug-likeness (QED) is 0.824. The number of nitrogens with zero attached hydrogens (tertiary/aromatic N) is 1. The lowest BCUT2D eigenvalue weighted by Crippen LogP contribution is -2.39. The van der Waals surface area contributed by atoms with E-state index in [0.29, 0.717) is 5.91 Å². The first-order chi connectivity index (χ1) is 8.46. The first-order valence-electron chi connectivity index (χ1n) is 7.00. The van der Waals surface area contributed by atoms with E-state index in [1.165, 1.54) is 0 Å². The number of rotatable bonds is 4. The highest BCUT2D eigenvalue weighted by Gasteiger charge is 2.43. The predicted octanol–water partition coefficient (Wildman–Crippen LogP) is 1.40. The number of ether oxygens (including phenoxy) is 1. The summed E-state index contributed by atoms with van der Waals surface area (Å²) < 4.78 is 5.42. The van der Waals surface area contributed by atoms with Gasteiger partial charge in [-0.2, -0.15) is 0 Å². The monoisotopic (exact) mass is 254 g/mol. The lowest BCUT2D eigenvalue weighted by molar-refractivity contribution is -0.128. The normalized spacial score (nSPS) is 23.9. The lowest BCUT2D eigenvalue weighted by Gasteiger charge is -2.33. The number of piperidine rings is 1. The third-order valence-electron chi connectivity index (χ3n) is 4.61. The second-order valence-corrected chi connectivity index (χ2v) is 6.46. The molecule has 1 amide bonds. The van der Waals surface area contributed by atoms with E-state index in [9.17, 15) is 4.79 Å². The maximum absolute atomic E-state index is 12.1. The Bertz CT molecular complexity index is 309. The minimum atomic E-state index is -0.135. The van der Waals surface area contributed by atoms with Crippen molar-refractivity contribution in [2.75, 3.05) is 33.3 Å². The molecule has 1 spiro atoms. The van der Waals surface area contributed by atoms with Crippen molar-refractivity contribution in [2.24, 2.45) is 5.41 Å². The minimum Gasteiger partial charge on any atom is -0.379 e. The lowest BCUT2D eigenvalue weighted by atomic mass is 9.78. The molecule has 2 fully saturated rings. The van der Waals surface area contributed by atoms with Gasteiger partial charge in [0.05, 0.1) is 5.60 Å². The van der Waals surface area contributed by atoms with Gasteiger partial charge in [-0.25, -0.2) is 0 Å². The standard InChI is InChI=1S/C14H26N2O2/c1-13(2,18-3)6-9-16-11-14(10-12(16)17)4-7-15-8-5-14/h15H,4-11H2,1-3H3. The summed E-state index contributed by atoms with van der Waals surface area (Å²) >= 11 is 0. The van der Waals surface area contributed by atoms with Gasteiger partial charge in [-0.15, -0.1) is 0 Å². The first-order valence-corrected chi connectivity index (χ1v) is 7.00. The van der Waals surface area contributed by atoms with Gasteiger partial charge in [-0.05, 0) is 51.6 Å². The molecular formula is C14H26N2O2. The van der Waals surface area contributed by atoms with Crippen molar-refractivity contribution in [2.45, 2.75) is 45.1 Å². The summed E-state index contributed by atoms with van der Waals surface area (Å²) in [4.78, 5) is 14.2. The number of likely N-dealkylation sites (tertiary alicyclic amines) is 1. The highest BCUT2D eigenvalue weighted by molar-refractivity contribution is 5.79. The zero-order chi connectivity index (χ0) is 13.2. The maximum atomic E-state index is 12.1. The van der Waals surface area contributed by atoms with Crippen LogP contribution in [0.3, 0.4) is 0 Å². The van der Waals surface area contributed by atoms with Crippen LogP contribution in [-0.4, -0.2) is 49.7 Å². The number of methoxy groups -OCH3 is 1. The molecule has 0 unspecified atom stereocenters. The van der Waals surface area contributed by atoms with Gasteiger partial charge in [-0.1, -0.05) is 0 Å². The molecule has 0 aromatic rings. The van der Waals surface area contributed by atoms with E-state index in [0.717, 1.165) is 51.9 Å². The van der Waals surface area contributed by atoms with Gasteiger partial charge in [0.25, 0.3) is 0 Å². The number of amides is 1. The van der Waals surface area contributed by atoms with Gasteiger partial charge in [0.1, 0.15) is 0 Å². The average Bonchev–Trinajstić information content (AvgIpc) is 2.64. The summed E-state index contributed by atoms with van der Waals surface area (Å²) in [6, 6.07) is 0.